The van der Waals surface area contributed by atoms with Crippen molar-refractivity contribution in [2.75, 3.05) is 0 Å². The van der Waals surface area contributed by atoms with Crippen molar-refractivity contribution in [2.45, 2.75) is 66.1 Å². The SMILES string of the molecule is Cc1cc(C)cc(CC(=O)N(Cc2ccccc2C)[C@H](Cc2ccccc2)C(=O)NC(C)C)c1. The Morgan fingerprint density at radius 1 is 0.824 bits per heavy atom. The van der Waals surface area contributed by atoms with Crippen molar-refractivity contribution in [3.05, 3.63) is 106 Å². The van der Waals surface area contributed by atoms with Crippen molar-refractivity contribution in [3.8, 4) is 0 Å². The van der Waals surface area contributed by atoms with Gasteiger partial charge in [0.1, 0.15) is 6.04 Å². The number of benzene rings is 3. The summed E-state index contributed by atoms with van der Waals surface area (Å²) in [5, 5.41) is 3.05. The van der Waals surface area contributed by atoms with Crippen LogP contribution in [0.2, 0.25) is 0 Å². The first-order valence-corrected chi connectivity index (χ1v) is 12.0. The molecule has 3 aromatic rings. The monoisotopic (exact) mass is 456 g/mol. The van der Waals surface area contributed by atoms with E-state index in [-0.39, 0.29) is 24.3 Å². The summed E-state index contributed by atoms with van der Waals surface area (Å²) in [7, 11) is 0. The van der Waals surface area contributed by atoms with Crippen LogP contribution in [0.1, 0.15) is 47.2 Å². The van der Waals surface area contributed by atoms with Crippen LogP contribution in [0.4, 0.5) is 0 Å². The molecule has 0 saturated carbocycles. The highest BCUT2D eigenvalue weighted by Crippen LogP contribution is 2.19. The summed E-state index contributed by atoms with van der Waals surface area (Å²) in [5.41, 5.74) is 6.42. The van der Waals surface area contributed by atoms with Crippen molar-refractivity contribution >= 4 is 11.8 Å². The molecule has 0 aliphatic rings. The molecule has 4 heteroatoms. The van der Waals surface area contributed by atoms with Crippen LogP contribution in [0.3, 0.4) is 0 Å². The minimum atomic E-state index is -0.609. The second kappa shape index (κ2) is 11.6. The van der Waals surface area contributed by atoms with Gasteiger partial charge in [-0.25, -0.2) is 0 Å². The summed E-state index contributed by atoms with van der Waals surface area (Å²) in [5.74, 6) is -0.172. The van der Waals surface area contributed by atoms with Gasteiger partial charge in [0.2, 0.25) is 11.8 Å². The van der Waals surface area contributed by atoms with Gasteiger partial charge in [-0.15, -0.1) is 0 Å². The molecular weight excluding hydrogens is 420 g/mol. The van der Waals surface area contributed by atoms with E-state index in [2.05, 4.69) is 23.5 Å². The van der Waals surface area contributed by atoms with Crippen LogP contribution in [0.5, 0.6) is 0 Å². The van der Waals surface area contributed by atoms with Gasteiger partial charge in [0.25, 0.3) is 0 Å². The van der Waals surface area contributed by atoms with Gasteiger partial charge in [-0.05, 0) is 56.9 Å². The van der Waals surface area contributed by atoms with E-state index in [0.29, 0.717) is 13.0 Å². The maximum absolute atomic E-state index is 13.8. The number of rotatable bonds is 9. The number of nitrogens with zero attached hydrogens (tertiary/aromatic N) is 1. The lowest BCUT2D eigenvalue weighted by atomic mass is 9.99. The number of hydrogen-bond acceptors (Lipinski definition) is 2. The molecule has 0 unspecified atom stereocenters. The predicted molar refractivity (Wildman–Crippen MR) is 139 cm³/mol. The molecule has 0 bridgehead atoms. The average molecular weight is 457 g/mol. The van der Waals surface area contributed by atoms with E-state index in [9.17, 15) is 9.59 Å². The Kier molecular flexibility index (Phi) is 8.64. The molecular formula is C30H36N2O2. The largest absolute Gasteiger partial charge is 0.352 e. The maximum Gasteiger partial charge on any atom is 0.243 e. The lowest BCUT2D eigenvalue weighted by Crippen LogP contribution is -2.52. The quantitative estimate of drug-likeness (QED) is 0.474. The van der Waals surface area contributed by atoms with Crippen LogP contribution in [-0.2, 0) is 29.0 Å². The third-order valence-electron chi connectivity index (χ3n) is 5.94. The van der Waals surface area contributed by atoms with E-state index in [1.807, 2.05) is 89.2 Å². The van der Waals surface area contributed by atoms with Crippen molar-refractivity contribution in [2.24, 2.45) is 0 Å². The van der Waals surface area contributed by atoms with Gasteiger partial charge >= 0.3 is 0 Å². The van der Waals surface area contributed by atoms with Gasteiger partial charge in [-0.3, -0.25) is 9.59 Å². The highest BCUT2D eigenvalue weighted by Gasteiger charge is 2.31. The number of hydrogen-bond donors (Lipinski definition) is 1. The van der Waals surface area contributed by atoms with E-state index in [1.54, 1.807) is 4.90 Å². The van der Waals surface area contributed by atoms with E-state index in [1.165, 1.54) is 0 Å². The predicted octanol–water partition coefficient (Wildman–Crippen LogP) is 5.32. The van der Waals surface area contributed by atoms with E-state index in [0.717, 1.165) is 33.4 Å². The van der Waals surface area contributed by atoms with Gasteiger partial charge in [-0.2, -0.15) is 0 Å². The summed E-state index contributed by atoms with van der Waals surface area (Å²) in [6.07, 6.45) is 0.721. The van der Waals surface area contributed by atoms with Gasteiger partial charge in [0, 0.05) is 19.0 Å². The Morgan fingerprint density at radius 2 is 1.44 bits per heavy atom. The molecule has 0 saturated heterocycles. The van der Waals surface area contributed by atoms with Crippen molar-refractivity contribution in [1.82, 2.24) is 10.2 Å². The lowest BCUT2D eigenvalue weighted by molar-refractivity contribution is -0.141. The molecule has 0 spiro atoms. The summed E-state index contributed by atoms with van der Waals surface area (Å²) < 4.78 is 0. The lowest BCUT2D eigenvalue weighted by Gasteiger charge is -2.32. The van der Waals surface area contributed by atoms with E-state index < -0.39 is 6.04 Å². The maximum atomic E-state index is 13.8. The topological polar surface area (TPSA) is 49.4 Å². The fourth-order valence-corrected chi connectivity index (χ4v) is 4.35. The fraction of sp³-hybridized carbons (Fsp3) is 0.333. The Bertz CT molecular complexity index is 1100. The molecule has 0 aliphatic carbocycles. The van der Waals surface area contributed by atoms with Crippen LogP contribution < -0.4 is 5.32 Å². The first kappa shape index (κ1) is 25.2. The molecule has 0 fully saturated rings. The van der Waals surface area contributed by atoms with Crippen LogP contribution in [0, 0.1) is 20.8 Å². The standard InChI is InChI=1S/C30H36N2O2/c1-21(2)31-30(34)28(18-25-12-7-6-8-13-25)32(20-27-14-10-9-11-24(27)5)29(33)19-26-16-22(3)15-23(4)17-26/h6-17,21,28H,18-20H2,1-5H3,(H,31,34)/t28-/m1/s1. The average Bonchev–Trinajstić information content (AvgIpc) is 2.76. The summed E-state index contributed by atoms with van der Waals surface area (Å²) >= 11 is 0. The fourth-order valence-electron chi connectivity index (χ4n) is 4.35. The Hall–Kier alpha value is -3.40. The highest BCUT2D eigenvalue weighted by molar-refractivity contribution is 5.89. The second-order valence-electron chi connectivity index (χ2n) is 9.49. The molecule has 0 heterocycles. The van der Waals surface area contributed by atoms with Crippen LogP contribution in [-0.4, -0.2) is 28.8 Å². The molecule has 0 aromatic heterocycles. The van der Waals surface area contributed by atoms with Crippen LogP contribution in [0.15, 0.2) is 72.8 Å². The molecule has 34 heavy (non-hydrogen) atoms. The Balaban J connectivity index is 2.00. The normalized spacial score (nSPS) is 11.8. The third-order valence-corrected chi connectivity index (χ3v) is 5.94. The van der Waals surface area contributed by atoms with Gasteiger partial charge in [0.15, 0.2) is 0 Å². The Morgan fingerprint density at radius 3 is 2.06 bits per heavy atom. The third kappa shape index (κ3) is 7.05. The molecule has 178 valence electrons. The number of amides is 2. The number of nitrogens with one attached hydrogen (secondary N) is 1. The zero-order chi connectivity index (χ0) is 24.7. The van der Waals surface area contributed by atoms with Crippen LogP contribution >= 0.6 is 0 Å². The molecule has 1 atom stereocenters. The first-order valence-electron chi connectivity index (χ1n) is 12.0. The van der Waals surface area contributed by atoms with Gasteiger partial charge in [0.05, 0.1) is 6.42 Å². The number of carbonyl (C=O) groups excluding carboxylic acids is 2. The smallest absolute Gasteiger partial charge is 0.243 e. The van der Waals surface area contributed by atoms with Gasteiger partial charge in [-0.1, -0.05) is 83.9 Å². The van der Waals surface area contributed by atoms with Crippen LogP contribution in [0.25, 0.3) is 0 Å². The molecule has 1 N–H and O–H groups in total. The molecule has 4 nitrogen and oxygen atoms in total. The summed E-state index contributed by atoms with van der Waals surface area (Å²) in [6.45, 7) is 10.4. The van der Waals surface area contributed by atoms with E-state index in [4.69, 9.17) is 0 Å². The minimum absolute atomic E-state index is 0.0133. The number of carbonyl (C=O) groups is 2. The van der Waals surface area contributed by atoms with Crippen molar-refractivity contribution < 1.29 is 9.59 Å². The minimum Gasteiger partial charge on any atom is -0.352 e. The molecule has 3 aromatic carbocycles. The first-order chi connectivity index (χ1) is 16.2. The molecule has 0 radical (unpaired) electrons. The van der Waals surface area contributed by atoms with E-state index >= 15 is 0 Å². The number of aryl methyl sites for hydroxylation is 3. The zero-order valence-corrected chi connectivity index (χ0v) is 21.0. The van der Waals surface area contributed by atoms with Crippen molar-refractivity contribution in [3.63, 3.8) is 0 Å². The zero-order valence-electron chi connectivity index (χ0n) is 21.0. The molecule has 3 rings (SSSR count). The Labute approximate surface area is 204 Å². The van der Waals surface area contributed by atoms with Crippen molar-refractivity contribution in [1.29, 1.82) is 0 Å². The molecule has 0 aliphatic heterocycles. The molecule has 2 amide bonds. The highest BCUT2D eigenvalue weighted by atomic mass is 16.2. The summed E-state index contributed by atoms with van der Waals surface area (Å²) in [6, 6.07) is 23.6. The second-order valence-corrected chi connectivity index (χ2v) is 9.49. The van der Waals surface area contributed by atoms with Gasteiger partial charge < -0.3 is 10.2 Å². The summed E-state index contributed by atoms with van der Waals surface area (Å²) in [4.78, 5) is 29.0.